The number of hydrogen-bond donors (Lipinski definition) is 2. The number of carbonyl (C=O) groups excluding carboxylic acids is 1. The van der Waals surface area contributed by atoms with E-state index in [1.54, 1.807) is 12.3 Å². The fourth-order valence-corrected chi connectivity index (χ4v) is 4.21. The number of aliphatic hydroxyl groups is 1. The van der Waals surface area contributed by atoms with Crippen LogP contribution in [-0.4, -0.2) is 39.1 Å². The quantitative estimate of drug-likeness (QED) is 0.529. The molecule has 4 atom stereocenters. The SMILES string of the molecule is CC[C@@H]1O[C@H](c2ccncc2CC(=O)c2ccc(F)c(-c3c(F)cccc3F)n2)C[C@H](N)[C@H]1O. The number of Topliss-reactive ketones (excluding diaryl/α,β-unsaturated/α-hetero) is 1. The van der Waals surface area contributed by atoms with Crippen molar-refractivity contribution in [3.63, 3.8) is 0 Å². The molecule has 0 spiro atoms. The number of hydrogen-bond acceptors (Lipinski definition) is 6. The second-order valence-corrected chi connectivity index (χ2v) is 8.26. The lowest BCUT2D eigenvalue weighted by Crippen LogP contribution is -2.49. The molecule has 1 aromatic carbocycles. The molecule has 6 nitrogen and oxygen atoms in total. The summed E-state index contributed by atoms with van der Waals surface area (Å²) in [6, 6.07) is 6.51. The molecule has 3 N–H and O–H groups in total. The summed E-state index contributed by atoms with van der Waals surface area (Å²) in [5.41, 5.74) is 6.01. The number of pyridine rings is 2. The van der Waals surface area contributed by atoms with Crippen LogP contribution in [-0.2, 0) is 11.2 Å². The van der Waals surface area contributed by atoms with Crippen LogP contribution in [0.15, 0.2) is 48.8 Å². The van der Waals surface area contributed by atoms with Crippen molar-refractivity contribution in [2.75, 3.05) is 0 Å². The van der Waals surface area contributed by atoms with Crippen molar-refractivity contribution >= 4 is 5.78 Å². The van der Waals surface area contributed by atoms with Crippen LogP contribution in [0.2, 0.25) is 0 Å². The molecule has 3 aromatic rings. The Balaban J connectivity index is 1.63. The van der Waals surface area contributed by atoms with Gasteiger partial charge in [0.25, 0.3) is 0 Å². The average molecular weight is 471 g/mol. The van der Waals surface area contributed by atoms with Gasteiger partial charge in [0, 0.05) is 24.9 Å². The van der Waals surface area contributed by atoms with Crippen LogP contribution in [0.25, 0.3) is 11.3 Å². The summed E-state index contributed by atoms with van der Waals surface area (Å²) < 4.78 is 48.8. The van der Waals surface area contributed by atoms with Gasteiger partial charge >= 0.3 is 0 Å². The smallest absolute Gasteiger partial charge is 0.185 e. The van der Waals surface area contributed by atoms with Crippen molar-refractivity contribution in [1.82, 2.24) is 9.97 Å². The first-order valence-electron chi connectivity index (χ1n) is 11.0. The minimum atomic E-state index is -0.982. The van der Waals surface area contributed by atoms with Gasteiger partial charge in [-0.05, 0) is 54.3 Å². The largest absolute Gasteiger partial charge is 0.389 e. The fourth-order valence-electron chi connectivity index (χ4n) is 4.21. The number of aromatic nitrogens is 2. The molecule has 3 heterocycles. The summed E-state index contributed by atoms with van der Waals surface area (Å²) in [4.78, 5) is 21.1. The zero-order valence-electron chi connectivity index (χ0n) is 18.4. The van der Waals surface area contributed by atoms with Gasteiger partial charge in [0.05, 0.1) is 23.9 Å². The van der Waals surface area contributed by atoms with Gasteiger partial charge in [-0.1, -0.05) is 13.0 Å². The van der Waals surface area contributed by atoms with Crippen LogP contribution in [0.5, 0.6) is 0 Å². The molecule has 2 aromatic heterocycles. The third kappa shape index (κ3) is 4.72. The highest BCUT2D eigenvalue weighted by atomic mass is 19.1. The van der Waals surface area contributed by atoms with Crippen LogP contribution in [0.3, 0.4) is 0 Å². The number of aliphatic hydroxyl groups excluding tert-OH is 1. The topological polar surface area (TPSA) is 98.3 Å². The molecule has 0 saturated carbocycles. The number of benzene rings is 1. The zero-order chi connectivity index (χ0) is 24.4. The summed E-state index contributed by atoms with van der Waals surface area (Å²) in [6.45, 7) is 1.89. The molecule has 1 fully saturated rings. The molecule has 0 aliphatic carbocycles. The second kappa shape index (κ2) is 10.0. The highest BCUT2D eigenvalue weighted by Gasteiger charge is 2.36. The van der Waals surface area contributed by atoms with Gasteiger partial charge in [0.15, 0.2) is 5.78 Å². The Morgan fingerprint density at radius 1 is 1.15 bits per heavy atom. The van der Waals surface area contributed by atoms with Crippen molar-refractivity contribution in [1.29, 1.82) is 0 Å². The van der Waals surface area contributed by atoms with Crippen LogP contribution < -0.4 is 5.73 Å². The maximum atomic E-state index is 14.4. The predicted octanol–water partition coefficient (Wildman–Crippen LogP) is 3.91. The first kappa shape index (κ1) is 24.0. The van der Waals surface area contributed by atoms with Crippen LogP contribution in [0, 0.1) is 17.5 Å². The van der Waals surface area contributed by atoms with E-state index in [2.05, 4.69) is 9.97 Å². The van der Waals surface area contributed by atoms with E-state index in [0.717, 1.165) is 24.3 Å². The molecule has 0 radical (unpaired) electrons. The fraction of sp³-hybridized carbons (Fsp3) is 0.320. The molecule has 4 rings (SSSR count). The van der Waals surface area contributed by atoms with E-state index in [1.165, 1.54) is 12.3 Å². The van der Waals surface area contributed by atoms with Gasteiger partial charge in [-0.3, -0.25) is 9.78 Å². The Bertz CT molecular complexity index is 1190. The summed E-state index contributed by atoms with van der Waals surface area (Å²) >= 11 is 0. The Hall–Kier alpha value is -3.14. The molecule has 0 bridgehead atoms. The Morgan fingerprint density at radius 2 is 1.88 bits per heavy atom. The molecule has 1 saturated heterocycles. The van der Waals surface area contributed by atoms with E-state index in [4.69, 9.17) is 10.5 Å². The van der Waals surface area contributed by atoms with Gasteiger partial charge in [-0.2, -0.15) is 0 Å². The van der Waals surface area contributed by atoms with E-state index in [0.29, 0.717) is 24.0 Å². The van der Waals surface area contributed by atoms with Gasteiger partial charge in [-0.15, -0.1) is 0 Å². The van der Waals surface area contributed by atoms with E-state index in [-0.39, 0.29) is 12.1 Å². The van der Waals surface area contributed by atoms with E-state index in [1.807, 2.05) is 6.92 Å². The van der Waals surface area contributed by atoms with Crippen molar-refractivity contribution in [3.05, 3.63) is 83.1 Å². The lowest BCUT2D eigenvalue weighted by Gasteiger charge is -2.38. The predicted molar refractivity (Wildman–Crippen MR) is 118 cm³/mol. The normalized spacial score (nSPS) is 22.5. The molecule has 1 aliphatic heterocycles. The van der Waals surface area contributed by atoms with Crippen molar-refractivity contribution in [2.24, 2.45) is 5.73 Å². The van der Waals surface area contributed by atoms with Gasteiger partial charge in [0.1, 0.15) is 28.8 Å². The Labute approximate surface area is 194 Å². The summed E-state index contributed by atoms with van der Waals surface area (Å²) in [7, 11) is 0. The van der Waals surface area contributed by atoms with Crippen molar-refractivity contribution in [2.45, 2.75) is 50.5 Å². The van der Waals surface area contributed by atoms with Crippen molar-refractivity contribution < 1.29 is 27.8 Å². The standard InChI is InChI=1S/C25H24F3N3O3/c1-2-21-25(33)18(29)11-22(34-21)14-8-9-30-12-13(14)10-20(32)19-7-6-17(28)24(31-19)23-15(26)4-3-5-16(23)27/h3-9,12,18,21-22,25,33H,2,10-11,29H2,1H3/t18-,21-,22-,25+/m0/s1. The Morgan fingerprint density at radius 3 is 2.59 bits per heavy atom. The summed E-state index contributed by atoms with van der Waals surface area (Å²) in [5, 5.41) is 10.2. The molecule has 9 heteroatoms. The molecular formula is C25H24F3N3O3. The maximum absolute atomic E-state index is 14.4. The number of ketones is 1. The molecular weight excluding hydrogens is 447 g/mol. The third-order valence-electron chi connectivity index (χ3n) is 6.02. The number of nitrogens with two attached hydrogens (primary N) is 1. The van der Waals surface area contributed by atoms with E-state index < -0.39 is 58.8 Å². The van der Waals surface area contributed by atoms with Gasteiger partial charge in [-0.25, -0.2) is 18.2 Å². The number of ether oxygens (including phenoxy) is 1. The highest BCUT2D eigenvalue weighted by molar-refractivity contribution is 5.96. The number of rotatable bonds is 6. The van der Waals surface area contributed by atoms with E-state index >= 15 is 0 Å². The zero-order valence-corrected chi connectivity index (χ0v) is 18.4. The average Bonchev–Trinajstić information content (AvgIpc) is 2.82. The minimum Gasteiger partial charge on any atom is -0.389 e. The van der Waals surface area contributed by atoms with Gasteiger partial charge < -0.3 is 15.6 Å². The summed E-state index contributed by atoms with van der Waals surface area (Å²) in [6.07, 6.45) is 2.20. The lowest BCUT2D eigenvalue weighted by molar-refractivity contribution is -0.129. The number of halogens is 3. The molecule has 178 valence electrons. The second-order valence-electron chi connectivity index (χ2n) is 8.26. The van der Waals surface area contributed by atoms with Crippen LogP contribution in [0.4, 0.5) is 13.2 Å². The highest BCUT2D eigenvalue weighted by Crippen LogP contribution is 2.34. The van der Waals surface area contributed by atoms with Gasteiger partial charge in [0.2, 0.25) is 0 Å². The van der Waals surface area contributed by atoms with E-state index in [9.17, 15) is 23.1 Å². The monoisotopic (exact) mass is 471 g/mol. The Kier molecular flexibility index (Phi) is 7.06. The third-order valence-corrected chi connectivity index (χ3v) is 6.02. The maximum Gasteiger partial charge on any atom is 0.185 e. The molecule has 0 amide bonds. The molecule has 0 unspecified atom stereocenters. The van der Waals surface area contributed by atoms with Crippen LogP contribution >= 0.6 is 0 Å². The lowest BCUT2D eigenvalue weighted by atomic mass is 9.89. The molecule has 34 heavy (non-hydrogen) atoms. The van der Waals surface area contributed by atoms with Crippen LogP contribution in [0.1, 0.15) is 47.5 Å². The minimum absolute atomic E-state index is 0.142. The summed E-state index contributed by atoms with van der Waals surface area (Å²) in [5.74, 6) is -3.40. The number of carbonyl (C=O) groups is 1. The first-order chi connectivity index (χ1) is 16.3. The first-order valence-corrected chi connectivity index (χ1v) is 11.0. The van der Waals surface area contributed by atoms with Crippen molar-refractivity contribution in [3.8, 4) is 11.3 Å². The number of nitrogens with zero attached hydrogens (tertiary/aromatic N) is 2. The molecule has 1 aliphatic rings.